The molecule has 0 aliphatic heterocycles. The predicted molar refractivity (Wildman–Crippen MR) is 64.0 cm³/mol. The summed E-state index contributed by atoms with van der Waals surface area (Å²) >= 11 is 0. The number of aliphatic hydroxyl groups excluding tert-OH is 1. The van der Waals surface area contributed by atoms with E-state index in [1.165, 1.54) is 0 Å². The fraction of sp³-hybridized carbons (Fsp3) is 0.455. The first-order valence-corrected chi connectivity index (χ1v) is 5.15. The molecule has 84 valence electrons. The highest BCUT2D eigenvalue weighted by atomic mass is 16.3. The number of nitrogens with one attached hydrogen (secondary N) is 2. The Hall–Kier alpha value is -1.26. The van der Waals surface area contributed by atoms with E-state index in [2.05, 4.69) is 16.7 Å². The van der Waals surface area contributed by atoms with Crippen LogP contribution >= 0.6 is 0 Å². The van der Waals surface area contributed by atoms with Gasteiger partial charge in [-0.2, -0.15) is 0 Å². The second-order valence-corrected chi connectivity index (χ2v) is 3.53. The minimum atomic E-state index is 0.178. The molecule has 0 bridgehead atoms. The van der Waals surface area contributed by atoms with Gasteiger partial charge in [0.2, 0.25) is 0 Å². The standard InChI is InChI=1S/C11H19N3O/c1-9-6-10(12)8-11(7-9)14-3-2-13-4-5-15/h6-8,13-15H,2-5,12H2,1H3. The summed E-state index contributed by atoms with van der Waals surface area (Å²) in [4.78, 5) is 0. The van der Waals surface area contributed by atoms with Crippen LogP contribution in [0.3, 0.4) is 0 Å². The summed E-state index contributed by atoms with van der Waals surface area (Å²) in [6.07, 6.45) is 0. The van der Waals surface area contributed by atoms with Crippen molar-refractivity contribution in [1.29, 1.82) is 0 Å². The van der Waals surface area contributed by atoms with E-state index in [9.17, 15) is 0 Å². The Morgan fingerprint density at radius 2 is 2.00 bits per heavy atom. The summed E-state index contributed by atoms with van der Waals surface area (Å²) in [5, 5.41) is 14.9. The van der Waals surface area contributed by atoms with Gasteiger partial charge in [-0.15, -0.1) is 0 Å². The van der Waals surface area contributed by atoms with E-state index < -0.39 is 0 Å². The lowest BCUT2D eigenvalue weighted by atomic mass is 10.2. The number of nitrogen functional groups attached to an aromatic ring is 1. The molecular formula is C11H19N3O. The maximum atomic E-state index is 8.56. The van der Waals surface area contributed by atoms with Crippen molar-refractivity contribution in [2.75, 3.05) is 37.3 Å². The molecule has 1 rings (SSSR count). The maximum Gasteiger partial charge on any atom is 0.0555 e. The van der Waals surface area contributed by atoms with Crippen LogP contribution in [-0.4, -0.2) is 31.3 Å². The first kappa shape index (κ1) is 11.8. The second-order valence-electron chi connectivity index (χ2n) is 3.53. The number of rotatable bonds is 6. The number of anilines is 2. The molecule has 4 nitrogen and oxygen atoms in total. The largest absolute Gasteiger partial charge is 0.399 e. The third-order valence-corrected chi connectivity index (χ3v) is 2.02. The Bertz CT molecular complexity index is 282. The molecule has 0 saturated heterocycles. The average molecular weight is 209 g/mol. The first-order valence-electron chi connectivity index (χ1n) is 5.15. The highest BCUT2D eigenvalue weighted by molar-refractivity contribution is 5.56. The number of hydrogen-bond acceptors (Lipinski definition) is 4. The zero-order valence-corrected chi connectivity index (χ0v) is 9.09. The maximum absolute atomic E-state index is 8.56. The lowest BCUT2D eigenvalue weighted by Gasteiger charge is -2.08. The lowest BCUT2D eigenvalue weighted by Crippen LogP contribution is -2.24. The van der Waals surface area contributed by atoms with Gasteiger partial charge in [0, 0.05) is 31.0 Å². The Morgan fingerprint density at radius 3 is 2.67 bits per heavy atom. The molecule has 5 N–H and O–H groups in total. The van der Waals surface area contributed by atoms with Crippen molar-refractivity contribution >= 4 is 11.4 Å². The molecule has 0 unspecified atom stereocenters. The van der Waals surface area contributed by atoms with E-state index in [0.29, 0.717) is 6.54 Å². The van der Waals surface area contributed by atoms with Gasteiger partial charge in [0.05, 0.1) is 6.61 Å². The van der Waals surface area contributed by atoms with Crippen LogP contribution in [0.5, 0.6) is 0 Å². The van der Waals surface area contributed by atoms with Gasteiger partial charge < -0.3 is 21.5 Å². The first-order chi connectivity index (χ1) is 7.22. The quantitative estimate of drug-likeness (QED) is 0.408. The molecule has 1 aromatic rings. The summed E-state index contributed by atoms with van der Waals surface area (Å²) in [6.45, 7) is 4.48. The number of benzene rings is 1. The summed E-state index contributed by atoms with van der Waals surface area (Å²) < 4.78 is 0. The Kier molecular flexibility index (Phi) is 4.93. The summed E-state index contributed by atoms with van der Waals surface area (Å²) in [5.41, 5.74) is 8.69. The van der Waals surface area contributed by atoms with E-state index >= 15 is 0 Å². The van der Waals surface area contributed by atoms with Crippen molar-refractivity contribution in [1.82, 2.24) is 5.32 Å². The van der Waals surface area contributed by atoms with E-state index in [1.807, 2.05) is 19.1 Å². The second kappa shape index (κ2) is 6.27. The minimum absolute atomic E-state index is 0.178. The fourth-order valence-electron chi connectivity index (χ4n) is 1.41. The molecule has 0 radical (unpaired) electrons. The zero-order chi connectivity index (χ0) is 11.1. The van der Waals surface area contributed by atoms with Crippen LogP contribution in [0.15, 0.2) is 18.2 Å². The van der Waals surface area contributed by atoms with Gasteiger partial charge >= 0.3 is 0 Å². The lowest BCUT2D eigenvalue weighted by molar-refractivity contribution is 0.293. The van der Waals surface area contributed by atoms with E-state index in [0.717, 1.165) is 30.0 Å². The van der Waals surface area contributed by atoms with E-state index in [4.69, 9.17) is 10.8 Å². The topological polar surface area (TPSA) is 70.3 Å². The molecule has 15 heavy (non-hydrogen) atoms. The van der Waals surface area contributed by atoms with Gasteiger partial charge in [-0.05, 0) is 30.7 Å². The van der Waals surface area contributed by atoms with Gasteiger partial charge in [-0.25, -0.2) is 0 Å². The van der Waals surface area contributed by atoms with Crippen LogP contribution in [0.2, 0.25) is 0 Å². The fourth-order valence-corrected chi connectivity index (χ4v) is 1.41. The van der Waals surface area contributed by atoms with Crippen LogP contribution < -0.4 is 16.4 Å². The third-order valence-electron chi connectivity index (χ3n) is 2.02. The van der Waals surface area contributed by atoms with Crippen molar-refractivity contribution < 1.29 is 5.11 Å². The van der Waals surface area contributed by atoms with Crippen molar-refractivity contribution in [3.8, 4) is 0 Å². The van der Waals surface area contributed by atoms with E-state index in [-0.39, 0.29) is 6.61 Å². The molecule has 0 aliphatic carbocycles. The van der Waals surface area contributed by atoms with Crippen LogP contribution in [0.4, 0.5) is 11.4 Å². The molecule has 0 fully saturated rings. The highest BCUT2D eigenvalue weighted by Crippen LogP contribution is 2.15. The summed E-state index contributed by atoms with van der Waals surface area (Å²) in [5.74, 6) is 0. The Morgan fingerprint density at radius 1 is 1.20 bits per heavy atom. The van der Waals surface area contributed by atoms with Gasteiger partial charge in [0.1, 0.15) is 0 Å². The van der Waals surface area contributed by atoms with Crippen LogP contribution in [-0.2, 0) is 0 Å². The van der Waals surface area contributed by atoms with Crippen molar-refractivity contribution in [2.45, 2.75) is 6.92 Å². The van der Waals surface area contributed by atoms with Crippen molar-refractivity contribution in [2.24, 2.45) is 0 Å². The molecule has 0 atom stereocenters. The molecule has 0 spiro atoms. The van der Waals surface area contributed by atoms with Crippen LogP contribution in [0.1, 0.15) is 5.56 Å². The van der Waals surface area contributed by atoms with Crippen molar-refractivity contribution in [3.05, 3.63) is 23.8 Å². The van der Waals surface area contributed by atoms with Crippen LogP contribution in [0.25, 0.3) is 0 Å². The van der Waals surface area contributed by atoms with Crippen LogP contribution in [0, 0.1) is 6.92 Å². The minimum Gasteiger partial charge on any atom is -0.399 e. The van der Waals surface area contributed by atoms with Gasteiger partial charge in [-0.1, -0.05) is 0 Å². The summed E-state index contributed by atoms with van der Waals surface area (Å²) in [7, 11) is 0. The summed E-state index contributed by atoms with van der Waals surface area (Å²) in [6, 6.07) is 5.91. The molecule has 0 aliphatic rings. The zero-order valence-electron chi connectivity index (χ0n) is 9.09. The number of nitrogens with two attached hydrogens (primary N) is 1. The van der Waals surface area contributed by atoms with Gasteiger partial charge in [0.25, 0.3) is 0 Å². The molecule has 0 saturated carbocycles. The van der Waals surface area contributed by atoms with Crippen molar-refractivity contribution in [3.63, 3.8) is 0 Å². The molecule has 0 aromatic heterocycles. The number of hydrogen-bond donors (Lipinski definition) is 4. The van der Waals surface area contributed by atoms with Gasteiger partial charge in [-0.3, -0.25) is 0 Å². The molecule has 0 amide bonds. The smallest absolute Gasteiger partial charge is 0.0555 e. The van der Waals surface area contributed by atoms with Gasteiger partial charge in [0.15, 0.2) is 0 Å². The van der Waals surface area contributed by atoms with E-state index in [1.54, 1.807) is 0 Å². The Labute approximate surface area is 90.5 Å². The highest BCUT2D eigenvalue weighted by Gasteiger charge is 1.94. The average Bonchev–Trinajstić information content (AvgIpc) is 2.16. The molecular weight excluding hydrogens is 190 g/mol. The molecule has 0 heterocycles. The number of aryl methyl sites for hydroxylation is 1. The molecule has 1 aromatic carbocycles. The third kappa shape index (κ3) is 4.67. The number of aliphatic hydroxyl groups is 1. The Balaban J connectivity index is 2.31. The predicted octanol–water partition coefficient (Wildman–Crippen LogP) is 0.571. The SMILES string of the molecule is Cc1cc(N)cc(NCCNCCO)c1. The monoisotopic (exact) mass is 209 g/mol. The normalized spacial score (nSPS) is 10.3. The molecule has 4 heteroatoms.